The molecule has 0 aliphatic heterocycles. The van der Waals surface area contributed by atoms with Crippen LogP contribution in [0.4, 0.5) is 0 Å². The van der Waals surface area contributed by atoms with Crippen molar-refractivity contribution in [3.8, 4) is 17.1 Å². The molecule has 2 aromatic carbocycles. The van der Waals surface area contributed by atoms with Crippen molar-refractivity contribution in [1.29, 1.82) is 0 Å². The minimum absolute atomic E-state index is 0.0133. The molecular formula is C23H28N4O2S. The Morgan fingerprint density at radius 2 is 1.87 bits per heavy atom. The molecule has 0 saturated heterocycles. The zero-order valence-electron chi connectivity index (χ0n) is 17.9. The lowest BCUT2D eigenvalue weighted by atomic mass is 10.0. The molecule has 3 aromatic rings. The lowest BCUT2D eigenvalue weighted by Crippen LogP contribution is -2.27. The van der Waals surface area contributed by atoms with Crippen molar-refractivity contribution in [1.82, 2.24) is 20.1 Å². The SMILES string of the molecule is COc1ccccc1-c1nnc(SCC(=O)NCCc2ccc(C(C)C)cc2)n1C. The van der Waals surface area contributed by atoms with E-state index >= 15 is 0 Å². The molecule has 0 aliphatic rings. The second-order valence-electron chi connectivity index (χ2n) is 7.35. The molecule has 0 aliphatic carbocycles. The maximum atomic E-state index is 12.2. The van der Waals surface area contributed by atoms with Gasteiger partial charge in [0.1, 0.15) is 5.75 Å². The Morgan fingerprint density at radius 1 is 1.13 bits per heavy atom. The van der Waals surface area contributed by atoms with E-state index in [1.165, 1.54) is 22.9 Å². The highest BCUT2D eigenvalue weighted by Gasteiger charge is 2.15. The Morgan fingerprint density at radius 3 is 2.57 bits per heavy atom. The minimum Gasteiger partial charge on any atom is -0.496 e. The predicted molar refractivity (Wildman–Crippen MR) is 121 cm³/mol. The first-order chi connectivity index (χ1) is 14.5. The van der Waals surface area contributed by atoms with Gasteiger partial charge in [0.2, 0.25) is 5.91 Å². The number of hydrogen-bond donors (Lipinski definition) is 1. The molecule has 1 amide bonds. The van der Waals surface area contributed by atoms with E-state index in [1.807, 2.05) is 35.9 Å². The number of aromatic nitrogens is 3. The molecule has 0 atom stereocenters. The van der Waals surface area contributed by atoms with Gasteiger partial charge < -0.3 is 14.6 Å². The smallest absolute Gasteiger partial charge is 0.230 e. The molecule has 0 saturated carbocycles. The fourth-order valence-electron chi connectivity index (χ4n) is 3.10. The van der Waals surface area contributed by atoms with Gasteiger partial charge in [-0.1, -0.05) is 62.0 Å². The first-order valence-electron chi connectivity index (χ1n) is 10.0. The Labute approximate surface area is 182 Å². The highest BCUT2D eigenvalue weighted by atomic mass is 32.2. The van der Waals surface area contributed by atoms with Crippen LogP contribution >= 0.6 is 11.8 Å². The summed E-state index contributed by atoms with van der Waals surface area (Å²) >= 11 is 1.37. The maximum Gasteiger partial charge on any atom is 0.230 e. The van der Waals surface area contributed by atoms with Crippen LogP contribution in [0.1, 0.15) is 30.9 Å². The normalized spacial score (nSPS) is 11.0. The molecule has 1 heterocycles. The third kappa shape index (κ3) is 5.42. The van der Waals surface area contributed by atoms with Gasteiger partial charge in [-0.2, -0.15) is 0 Å². The number of nitrogens with zero attached hydrogens (tertiary/aromatic N) is 3. The van der Waals surface area contributed by atoms with Crippen molar-refractivity contribution in [3.63, 3.8) is 0 Å². The molecule has 0 spiro atoms. The summed E-state index contributed by atoms with van der Waals surface area (Å²) in [6, 6.07) is 16.3. The average molecular weight is 425 g/mol. The Hall–Kier alpha value is -2.80. The fourth-order valence-corrected chi connectivity index (χ4v) is 3.84. The van der Waals surface area contributed by atoms with Gasteiger partial charge in [-0.05, 0) is 35.6 Å². The van der Waals surface area contributed by atoms with Gasteiger partial charge in [-0.25, -0.2) is 0 Å². The van der Waals surface area contributed by atoms with Gasteiger partial charge in [0.25, 0.3) is 0 Å². The van der Waals surface area contributed by atoms with E-state index < -0.39 is 0 Å². The second kappa shape index (κ2) is 10.3. The molecule has 1 aromatic heterocycles. The van der Waals surface area contributed by atoms with E-state index in [0.29, 0.717) is 29.2 Å². The first-order valence-corrected chi connectivity index (χ1v) is 11.0. The number of rotatable bonds is 9. The van der Waals surface area contributed by atoms with Crippen LogP contribution in [0.2, 0.25) is 0 Å². The molecule has 0 bridgehead atoms. The van der Waals surface area contributed by atoms with Crippen LogP contribution in [0.25, 0.3) is 11.4 Å². The van der Waals surface area contributed by atoms with Gasteiger partial charge in [0, 0.05) is 13.6 Å². The molecule has 0 radical (unpaired) electrons. The van der Waals surface area contributed by atoms with Crippen molar-refractivity contribution in [2.75, 3.05) is 19.4 Å². The number of nitrogens with one attached hydrogen (secondary N) is 1. The zero-order chi connectivity index (χ0) is 21.5. The van der Waals surface area contributed by atoms with Crippen molar-refractivity contribution in [2.45, 2.75) is 31.3 Å². The first kappa shape index (κ1) is 21.9. The summed E-state index contributed by atoms with van der Waals surface area (Å²) in [7, 11) is 3.52. The highest BCUT2D eigenvalue weighted by Crippen LogP contribution is 2.29. The third-order valence-corrected chi connectivity index (χ3v) is 5.92. The summed E-state index contributed by atoms with van der Waals surface area (Å²) in [5.41, 5.74) is 3.42. The lowest BCUT2D eigenvalue weighted by molar-refractivity contribution is -0.118. The molecular weight excluding hydrogens is 396 g/mol. The van der Waals surface area contributed by atoms with E-state index in [1.54, 1.807) is 7.11 Å². The predicted octanol–water partition coefficient (Wildman–Crippen LogP) is 4.07. The number of para-hydroxylation sites is 1. The van der Waals surface area contributed by atoms with Gasteiger partial charge in [0.15, 0.2) is 11.0 Å². The van der Waals surface area contributed by atoms with Crippen LogP contribution in [0.3, 0.4) is 0 Å². The van der Waals surface area contributed by atoms with Crippen LogP contribution < -0.4 is 10.1 Å². The summed E-state index contributed by atoms with van der Waals surface area (Å²) in [6.45, 7) is 4.98. The molecule has 7 heteroatoms. The topological polar surface area (TPSA) is 69.0 Å². The van der Waals surface area contributed by atoms with E-state index in [0.717, 1.165) is 17.7 Å². The summed E-state index contributed by atoms with van der Waals surface area (Å²) in [4.78, 5) is 12.2. The zero-order valence-corrected chi connectivity index (χ0v) is 18.7. The number of amides is 1. The molecule has 0 fully saturated rings. The monoisotopic (exact) mass is 424 g/mol. The quantitative estimate of drug-likeness (QED) is 0.525. The maximum absolute atomic E-state index is 12.2. The van der Waals surface area contributed by atoms with Gasteiger partial charge in [0.05, 0.1) is 18.4 Å². The van der Waals surface area contributed by atoms with Crippen molar-refractivity contribution in [3.05, 3.63) is 59.7 Å². The number of hydrogen-bond acceptors (Lipinski definition) is 5. The molecule has 1 N–H and O–H groups in total. The number of thioether (sulfide) groups is 1. The van der Waals surface area contributed by atoms with Gasteiger partial charge in [-0.15, -0.1) is 10.2 Å². The number of methoxy groups -OCH3 is 1. The van der Waals surface area contributed by atoms with Gasteiger partial charge >= 0.3 is 0 Å². The average Bonchev–Trinajstić information content (AvgIpc) is 3.12. The van der Waals surface area contributed by atoms with E-state index in [-0.39, 0.29) is 5.91 Å². The van der Waals surface area contributed by atoms with E-state index in [4.69, 9.17) is 4.74 Å². The molecule has 3 rings (SSSR count). The summed E-state index contributed by atoms with van der Waals surface area (Å²) in [5, 5.41) is 12.2. The molecule has 30 heavy (non-hydrogen) atoms. The third-order valence-electron chi connectivity index (χ3n) is 4.90. The Balaban J connectivity index is 1.50. The number of carbonyl (C=O) groups is 1. The summed E-state index contributed by atoms with van der Waals surface area (Å²) < 4.78 is 7.29. The molecule has 158 valence electrons. The van der Waals surface area contributed by atoms with Crippen molar-refractivity contribution < 1.29 is 9.53 Å². The van der Waals surface area contributed by atoms with Crippen LogP contribution in [-0.4, -0.2) is 40.1 Å². The fraction of sp³-hybridized carbons (Fsp3) is 0.348. The minimum atomic E-state index is -0.0133. The Bertz CT molecular complexity index is 983. The standard InChI is InChI=1S/C23H28N4O2S/c1-16(2)18-11-9-17(10-12-18)13-14-24-21(28)15-30-23-26-25-22(27(23)3)19-7-5-6-8-20(19)29-4/h5-12,16H,13-15H2,1-4H3,(H,24,28). The summed E-state index contributed by atoms with van der Waals surface area (Å²) in [5.74, 6) is 2.26. The van der Waals surface area contributed by atoms with Gasteiger partial charge in [-0.3, -0.25) is 4.79 Å². The largest absolute Gasteiger partial charge is 0.496 e. The van der Waals surface area contributed by atoms with Crippen LogP contribution in [-0.2, 0) is 18.3 Å². The lowest BCUT2D eigenvalue weighted by Gasteiger charge is -2.09. The Kier molecular flexibility index (Phi) is 7.52. The van der Waals surface area contributed by atoms with Crippen LogP contribution in [0.5, 0.6) is 5.75 Å². The molecule has 0 unspecified atom stereocenters. The van der Waals surface area contributed by atoms with Crippen LogP contribution in [0, 0.1) is 0 Å². The van der Waals surface area contributed by atoms with Crippen molar-refractivity contribution in [2.24, 2.45) is 7.05 Å². The number of benzene rings is 2. The van der Waals surface area contributed by atoms with E-state index in [2.05, 4.69) is 53.6 Å². The van der Waals surface area contributed by atoms with Crippen molar-refractivity contribution >= 4 is 17.7 Å². The van der Waals surface area contributed by atoms with Crippen LogP contribution in [0.15, 0.2) is 53.7 Å². The van der Waals surface area contributed by atoms with E-state index in [9.17, 15) is 4.79 Å². The summed E-state index contributed by atoms with van der Waals surface area (Å²) in [6.07, 6.45) is 0.816. The number of ether oxygens (including phenoxy) is 1. The highest BCUT2D eigenvalue weighted by molar-refractivity contribution is 7.99. The number of carbonyl (C=O) groups excluding carboxylic acids is 1. The molecule has 6 nitrogen and oxygen atoms in total. The second-order valence-corrected chi connectivity index (χ2v) is 8.29.